The van der Waals surface area contributed by atoms with E-state index >= 15 is 0 Å². The molecule has 1 aromatic rings. The van der Waals surface area contributed by atoms with Gasteiger partial charge in [-0.3, -0.25) is 9.36 Å². The molecule has 0 aliphatic rings. The second-order valence-electron chi connectivity index (χ2n) is 5.42. The Labute approximate surface area is 158 Å². The molecule has 0 heterocycles. The third-order valence-corrected chi connectivity index (χ3v) is 4.39. The van der Waals surface area contributed by atoms with Crippen molar-refractivity contribution < 1.29 is 48.5 Å². The molecule has 0 bridgehead atoms. The fourth-order valence-electron chi connectivity index (χ4n) is 1.90. The molecular formula is C15H15N2O10P-4. The van der Waals surface area contributed by atoms with Gasteiger partial charge in [0.25, 0.3) is 5.91 Å². The van der Waals surface area contributed by atoms with Crippen LogP contribution in [-0.4, -0.2) is 42.5 Å². The van der Waals surface area contributed by atoms with E-state index in [1.54, 1.807) is 6.07 Å². The molecule has 0 radical (unpaired) electrons. The quantitative estimate of drug-likeness (QED) is 0.310. The number of nitrogens with one attached hydrogen (secondary N) is 2. The minimum absolute atomic E-state index is 0.0940. The summed E-state index contributed by atoms with van der Waals surface area (Å²) < 4.78 is 16.2. The van der Waals surface area contributed by atoms with Crippen LogP contribution >= 0.6 is 7.75 Å². The van der Waals surface area contributed by atoms with Crippen molar-refractivity contribution in [2.45, 2.75) is 24.9 Å². The first-order valence-electron chi connectivity index (χ1n) is 7.72. The van der Waals surface area contributed by atoms with Crippen molar-refractivity contribution in [3.63, 3.8) is 0 Å². The molecule has 0 aliphatic heterocycles. The van der Waals surface area contributed by atoms with Crippen LogP contribution < -0.4 is 30.6 Å². The van der Waals surface area contributed by atoms with Crippen molar-refractivity contribution in [1.29, 1.82) is 0 Å². The summed E-state index contributed by atoms with van der Waals surface area (Å²) in [4.78, 5) is 56.0. The highest BCUT2D eigenvalue weighted by atomic mass is 31.2. The number of carboxylic acids is 3. The average Bonchev–Trinajstić information content (AvgIpc) is 2.62. The smallest absolute Gasteiger partial charge is 0.251 e. The second kappa shape index (κ2) is 10.5. The van der Waals surface area contributed by atoms with Crippen LogP contribution in [0, 0.1) is 0 Å². The minimum atomic E-state index is -5.15. The van der Waals surface area contributed by atoms with Gasteiger partial charge < -0.3 is 44.4 Å². The molecule has 1 aromatic carbocycles. The zero-order chi connectivity index (χ0) is 21.3. The minimum Gasteiger partial charge on any atom is -0.766 e. The van der Waals surface area contributed by atoms with Crippen LogP contribution in [0.3, 0.4) is 0 Å². The monoisotopic (exact) mass is 414 g/mol. The lowest BCUT2D eigenvalue weighted by atomic mass is 10.2. The summed E-state index contributed by atoms with van der Waals surface area (Å²) in [5.74, 6) is -6.23. The fraction of sp³-hybridized carbons (Fsp3) is 0.333. The Morgan fingerprint density at radius 3 is 2.07 bits per heavy atom. The molecular weight excluding hydrogens is 399 g/mol. The molecule has 2 N–H and O–H groups in total. The zero-order valence-corrected chi connectivity index (χ0v) is 15.1. The van der Waals surface area contributed by atoms with E-state index < -0.39 is 63.1 Å². The van der Waals surface area contributed by atoms with Gasteiger partial charge in [-0.2, -0.15) is 0 Å². The maximum Gasteiger partial charge on any atom is 0.251 e. The van der Waals surface area contributed by atoms with Gasteiger partial charge in [-0.15, -0.1) is 0 Å². The zero-order valence-electron chi connectivity index (χ0n) is 14.2. The number of amides is 1. The first kappa shape index (κ1) is 23.2. The van der Waals surface area contributed by atoms with Crippen LogP contribution in [-0.2, 0) is 23.5 Å². The van der Waals surface area contributed by atoms with Gasteiger partial charge in [-0.05, 0) is 25.0 Å². The Morgan fingerprint density at radius 2 is 1.57 bits per heavy atom. The van der Waals surface area contributed by atoms with E-state index in [1.807, 2.05) is 5.32 Å². The van der Waals surface area contributed by atoms with E-state index in [4.69, 9.17) is 0 Å². The molecule has 1 amide bonds. The van der Waals surface area contributed by atoms with Gasteiger partial charge >= 0.3 is 0 Å². The van der Waals surface area contributed by atoms with E-state index in [9.17, 15) is 44.0 Å². The lowest BCUT2D eigenvalue weighted by Crippen LogP contribution is -2.51. The highest BCUT2D eigenvalue weighted by molar-refractivity contribution is 7.49. The maximum atomic E-state index is 11.9. The molecule has 0 saturated carbocycles. The SMILES string of the molecule is O=C([O-])CC[C@H](NP(=O)([O-])OC[C@@H](NC(=O)c1ccccc1)C(=O)[O-])C(=O)[O-]. The number of aliphatic carboxylic acids is 3. The van der Waals surface area contributed by atoms with E-state index in [0.29, 0.717) is 0 Å². The summed E-state index contributed by atoms with van der Waals surface area (Å²) >= 11 is 0. The van der Waals surface area contributed by atoms with E-state index in [0.717, 1.165) is 0 Å². The predicted octanol–water partition coefficient (Wildman–Crippen LogP) is -4.74. The summed E-state index contributed by atoms with van der Waals surface area (Å²) in [6, 6.07) is 3.59. The molecule has 1 unspecified atom stereocenters. The van der Waals surface area contributed by atoms with Crippen molar-refractivity contribution in [3.05, 3.63) is 35.9 Å². The number of hydrogen-bond donors (Lipinski definition) is 2. The molecule has 154 valence electrons. The van der Waals surface area contributed by atoms with Gasteiger partial charge in [0, 0.05) is 11.5 Å². The topological polar surface area (TPSA) is 211 Å². The standard InChI is InChI=1S/C15H19N2O10P/c18-12(19)7-6-10(14(21)22)17-28(25,26)27-8-11(15(23)24)16-13(20)9-4-2-1-3-5-9/h1-5,10-11H,6-8H2,(H,16,20)(H,18,19)(H,21,22)(H,23,24)(H2,17,25,26)/p-4/t10-,11+/m0/s1. The highest BCUT2D eigenvalue weighted by Crippen LogP contribution is 2.32. The van der Waals surface area contributed by atoms with Crippen molar-refractivity contribution in [2.75, 3.05) is 6.61 Å². The lowest BCUT2D eigenvalue weighted by molar-refractivity contribution is -0.312. The molecule has 3 atom stereocenters. The number of rotatable bonds is 12. The molecule has 0 aliphatic carbocycles. The Kier molecular flexibility index (Phi) is 8.74. The molecule has 0 aromatic heterocycles. The fourth-order valence-corrected chi connectivity index (χ4v) is 2.93. The van der Waals surface area contributed by atoms with Gasteiger partial charge in [0.15, 0.2) is 0 Å². The maximum absolute atomic E-state index is 11.9. The number of benzene rings is 1. The van der Waals surface area contributed by atoms with Crippen molar-refractivity contribution in [3.8, 4) is 0 Å². The molecule has 12 nitrogen and oxygen atoms in total. The van der Waals surface area contributed by atoms with Crippen molar-refractivity contribution in [2.24, 2.45) is 0 Å². The van der Waals surface area contributed by atoms with Gasteiger partial charge in [0.05, 0.1) is 30.6 Å². The molecule has 0 spiro atoms. The third kappa shape index (κ3) is 8.27. The Bertz CT molecular complexity index is 769. The second-order valence-corrected chi connectivity index (χ2v) is 6.93. The van der Waals surface area contributed by atoms with Crippen LogP contribution in [0.1, 0.15) is 23.2 Å². The van der Waals surface area contributed by atoms with Gasteiger partial charge in [-0.1, -0.05) is 18.2 Å². The lowest BCUT2D eigenvalue weighted by Gasteiger charge is -2.31. The number of hydrogen-bond acceptors (Lipinski definition) is 10. The first-order valence-corrected chi connectivity index (χ1v) is 9.27. The number of carbonyl (C=O) groups excluding carboxylic acids is 4. The van der Waals surface area contributed by atoms with Gasteiger partial charge in [0.2, 0.25) is 7.75 Å². The highest BCUT2D eigenvalue weighted by Gasteiger charge is 2.21. The van der Waals surface area contributed by atoms with Crippen LogP contribution in [0.2, 0.25) is 0 Å². The molecule has 13 heteroatoms. The van der Waals surface area contributed by atoms with Gasteiger partial charge in [-0.25, -0.2) is 5.09 Å². The van der Waals surface area contributed by atoms with Crippen LogP contribution in [0.25, 0.3) is 0 Å². The Balaban J connectivity index is 2.70. The van der Waals surface area contributed by atoms with Crippen LogP contribution in [0.4, 0.5) is 0 Å². The molecule has 0 saturated heterocycles. The van der Waals surface area contributed by atoms with E-state index in [1.165, 1.54) is 29.4 Å². The predicted molar refractivity (Wildman–Crippen MR) is 82.4 cm³/mol. The Hall–Kier alpha value is -2.79. The van der Waals surface area contributed by atoms with Crippen LogP contribution in [0.5, 0.6) is 0 Å². The summed E-state index contributed by atoms with van der Waals surface area (Å²) in [7, 11) is -5.15. The average molecular weight is 414 g/mol. The first-order chi connectivity index (χ1) is 13.0. The van der Waals surface area contributed by atoms with Gasteiger partial charge in [0.1, 0.15) is 0 Å². The van der Waals surface area contributed by atoms with E-state index in [2.05, 4.69) is 4.52 Å². The Morgan fingerprint density at radius 1 is 1.00 bits per heavy atom. The molecule has 1 rings (SSSR count). The largest absolute Gasteiger partial charge is 0.766 e. The van der Waals surface area contributed by atoms with Crippen molar-refractivity contribution in [1.82, 2.24) is 10.4 Å². The summed E-state index contributed by atoms with van der Waals surface area (Å²) in [6.07, 6.45) is -1.46. The third-order valence-electron chi connectivity index (χ3n) is 3.27. The summed E-state index contributed by atoms with van der Waals surface area (Å²) in [5.41, 5.74) is 0.0940. The normalized spacial score (nSPS) is 15.0. The molecule has 28 heavy (non-hydrogen) atoms. The molecule has 0 fully saturated rings. The van der Waals surface area contributed by atoms with Crippen LogP contribution in [0.15, 0.2) is 30.3 Å². The van der Waals surface area contributed by atoms with Crippen molar-refractivity contribution >= 4 is 31.6 Å². The summed E-state index contributed by atoms with van der Waals surface area (Å²) in [6.45, 7) is -1.10. The number of carboxylic acid groups (broad SMARTS) is 3. The number of carbonyl (C=O) groups is 4. The summed E-state index contributed by atoms with van der Waals surface area (Å²) in [5, 5.41) is 35.8. The van der Waals surface area contributed by atoms with E-state index in [-0.39, 0.29) is 5.56 Å².